The van der Waals surface area contributed by atoms with Crippen molar-refractivity contribution in [3.63, 3.8) is 0 Å². The van der Waals surface area contributed by atoms with Gasteiger partial charge in [-0.1, -0.05) is 12.1 Å². The minimum atomic E-state index is -0.867. The van der Waals surface area contributed by atoms with E-state index < -0.39 is 5.97 Å². The topological polar surface area (TPSA) is 110 Å². The molecule has 3 fully saturated rings. The van der Waals surface area contributed by atoms with Gasteiger partial charge in [-0.25, -0.2) is 0 Å². The number of aromatic nitrogens is 1. The van der Waals surface area contributed by atoms with E-state index in [0.717, 1.165) is 68.4 Å². The number of rotatable bonds is 7. The number of aromatic amines is 1. The lowest BCUT2D eigenvalue weighted by atomic mass is 9.56. The van der Waals surface area contributed by atoms with Crippen LogP contribution in [-0.2, 0) is 11.3 Å². The number of carbonyl (C=O) groups is 2. The van der Waals surface area contributed by atoms with Crippen molar-refractivity contribution in [2.45, 2.75) is 70.5 Å². The van der Waals surface area contributed by atoms with Crippen molar-refractivity contribution in [2.24, 2.45) is 11.3 Å². The highest BCUT2D eigenvalue weighted by atomic mass is 16.5. The second kappa shape index (κ2) is 10.9. The van der Waals surface area contributed by atoms with Gasteiger partial charge in [-0.2, -0.15) is 5.26 Å². The summed E-state index contributed by atoms with van der Waals surface area (Å²) in [5.41, 5.74) is 5.42. The molecule has 2 aliphatic heterocycles. The number of likely N-dealkylation sites (tertiary alicyclic amines) is 2. The quantitative estimate of drug-likeness (QED) is 0.381. The van der Waals surface area contributed by atoms with Crippen LogP contribution in [0.4, 0.5) is 0 Å². The highest BCUT2D eigenvalue weighted by Gasteiger charge is 2.49. The maximum Gasteiger partial charge on any atom is 0.305 e. The van der Waals surface area contributed by atoms with E-state index >= 15 is 0 Å². The molecule has 2 atom stereocenters. The number of H-pyrrole nitrogens is 1. The van der Waals surface area contributed by atoms with Crippen molar-refractivity contribution in [1.29, 1.82) is 5.26 Å². The number of hydrogen-bond donors (Lipinski definition) is 2. The molecule has 2 aromatic carbocycles. The second-order valence-electron chi connectivity index (χ2n) is 12.3. The van der Waals surface area contributed by atoms with Crippen molar-refractivity contribution in [3.05, 3.63) is 64.8 Å². The first-order valence-corrected chi connectivity index (χ1v) is 14.7. The number of nitrogens with one attached hydrogen (secondary N) is 1. The van der Waals surface area contributed by atoms with Crippen LogP contribution in [0.5, 0.6) is 5.75 Å². The van der Waals surface area contributed by atoms with Crippen molar-refractivity contribution in [2.75, 3.05) is 20.2 Å². The largest absolute Gasteiger partial charge is 0.496 e. The Kier molecular flexibility index (Phi) is 7.25. The molecule has 8 heteroatoms. The zero-order valence-corrected chi connectivity index (χ0v) is 23.9. The van der Waals surface area contributed by atoms with Gasteiger partial charge in [0.05, 0.1) is 19.6 Å². The van der Waals surface area contributed by atoms with E-state index in [1.54, 1.807) is 12.0 Å². The van der Waals surface area contributed by atoms with Gasteiger partial charge in [-0.15, -0.1) is 0 Å². The fourth-order valence-corrected chi connectivity index (χ4v) is 7.66. The molecule has 2 N–H and O–H groups in total. The van der Waals surface area contributed by atoms with Gasteiger partial charge in [-0.05, 0) is 92.8 Å². The van der Waals surface area contributed by atoms with Crippen LogP contribution in [0.1, 0.15) is 78.0 Å². The standard InChI is InChI=1S/C33H38N4O4/c1-21-14-29(41-2)27(26-9-11-35-31(21)26)20-36-13-10-33(16-22(17-33)19-34)18-28(36)23-5-7-24(8-6-23)32(40)37-12-3-4-25(37)15-30(38)39/h5-9,11,14,22,25,28,35H,3-4,10,12-13,15-18,20H2,1-2H3,(H,38,39)/t22?,25-,28+,33?/m1/s1. The van der Waals surface area contributed by atoms with Gasteiger partial charge in [0.15, 0.2) is 0 Å². The van der Waals surface area contributed by atoms with E-state index in [0.29, 0.717) is 12.1 Å². The number of aryl methyl sites for hydroxylation is 1. The summed E-state index contributed by atoms with van der Waals surface area (Å²) in [6, 6.07) is 14.6. The van der Waals surface area contributed by atoms with Crippen LogP contribution in [0, 0.1) is 29.6 Å². The predicted molar refractivity (Wildman–Crippen MR) is 155 cm³/mol. The van der Waals surface area contributed by atoms with Crippen molar-refractivity contribution < 1.29 is 19.4 Å². The SMILES string of the molecule is COc1cc(C)c2[nH]ccc2c1CN1CCC2(CC(C#N)C2)C[C@H]1c1ccc(C(=O)N2CCC[C@@H]2CC(=O)O)cc1. The number of benzene rings is 2. The first-order valence-electron chi connectivity index (χ1n) is 14.7. The number of aliphatic carboxylic acids is 1. The van der Waals surface area contributed by atoms with E-state index in [4.69, 9.17) is 4.74 Å². The summed E-state index contributed by atoms with van der Waals surface area (Å²) in [6.45, 7) is 4.36. The number of carboxylic acid groups (broad SMARTS) is 1. The fourth-order valence-electron chi connectivity index (χ4n) is 7.66. The summed E-state index contributed by atoms with van der Waals surface area (Å²) in [7, 11) is 1.73. The Morgan fingerprint density at radius 2 is 1.95 bits per heavy atom. The van der Waals surface area contributed by atoms with Crippen molar-refractivity contribution in [3.8, 4) is 11.8 Å². The Bertz CT molecular complexity index is 1500. The normalized spacial score (nSPS) is 26.2. The van der Waals surface area contributed by atoms with Gasteiger partial charge in [0.1, 0.15) is 5.75 Å². The van der Waals surface area contributed by atoms with E-state index in [1.807, 2.05) is 18.3 Å². The zero-order chi connectivity index (χ0) is 28.7. The molecule has 1 saturated carbocycles. The molecule has 1 spiro atoms. The second-order valence-corrected chi connectivity index (χ2v) is 12.3. The van der Waals surface area contributed by atoms with Crippen LogP contribution in [-0.4, -0.2) is 58.0 Å². The molecule has 41 heavy (non-hydrogen) atoms. The molecule has 0 unspecified atom stereocenters. The van der Waals surface area contributed by atoms with E-state index in [-0.39, 0.29) is 35.7 Å². The van der Waals surface area contributed by atoms with E-state index in [1.165, 1.54) is 16.5 Å². The number of methoxy groups -OCH3 is 1. The molecule has 0 radical (unpaired) electrons. The number of amides is 1. The number of nitrogens with zero attached hydrogens (tertiary/aromatic N) is 3. The molecule has 3 heterocycles. The van der Waals surface area contributed by atoms with Crippen molar-refractivity contribution in [1.82, 2.24) is 14.8 Å². The average Bonchev–Trinajstić information content (AvgIpc) is 3.63. The Balaban J connectivity index is 1.28. The summed E-state index contributed by atoms with van der Waals surface area (Å²) >= 11 is 0. The van der Waals surface area contributed by atoms with Gasteiger partial charge in [-0.3, -0.25) is 14.5 Å². The third kappa shape index (κ3) is 5.08. The molecule has 2 saturated heterocycles. The Hall–Kier alpha value is -3.83. The number of fused-ring (bicyclic) bond motifs is 1. The molecular formula is C33H38N4O4. The minimum absolute atomic E-state index is 0.0104. The number of carboxylic acids is 1. The van der Waals surface area contributed by atoms with Crippen LogP contribution in [0.2, 0.25) is 0 Å². The number of ether oxygens (including phenoxy) is 1. The minimum Gasteiger partial charge on any atom is -0.496 e. The predicted octanol–water partition coefficient (Wildman–Crippen LogP) is 5.82. The monoisotopic (exact) mass is 554 g/mol. The molecule has 8 nitrogen and oxygen atoms in total. The molecular weight excluding hydrogens is 516 g/mol. The van der Waals surface area contributed by atoms with Gasteiger partial charge < -0.3 is 19.7 Å². The highest BCUT2D eigenvalue weighted by Crippen LogP contribution is 2.57. The first-order chi connectivity index (χ1) is 19.8. The third-order valence-corrected chi connectivity index (χ3v) is 9.82. The lowest BCUT2D eigenvalue weighted by Crippen LogP contribution is -2.48. The lowest BCUT2D eigenvalue weighted by Gasteiger charge is -2.53. The molecule has 1 aromatic heterocycles. The third-order valence-electron chi connectivity index (χ3n) is 9.82. The van der Waals surface area contributed by atoms with Gasteiger partial charge in [0, 0.05) is 59.3 Å². The smallest absolute Gasteiger partial charge is 0.305 e. The Labute approximate surface area is 240 Å². The molecule has 3 aliphatic rings. The van der Waals surface area contributed by atoms with Gasteiger partial charge >= 0.3 is 5.97 Å². The van der Waals surface area contributed by atoms with Crippen LogP contribution in [0.15, 0.2) is 42.6 Å². The van der Waals surface area contributed by atoms with Crippen LogP contribution >= 0.6 is 0 Å². The number of carbonyl (C=O) groups excluding carboxylic acids is 1. The summed E-state index contributed by atoms with van der Waals surface area (Å²) in [5.74, 6) is 0.0860. The summed E-state index contributed by atoms with van der Waals surface area (Å²) in [5, 5.41) is 19.9. The lowest BCUT2D eigenvalue weighted by molar-refractivity contribution is -0.137. The van der Waals surface area contributed by atoms with E-state index in [9.17, 15) is 20.0 Å². The Morgan fingerprint density at radius 3 is 2.66 bits per heavy atom. The molecule has 0 bridgehead atoms. The average molecular weight is 555 g/mol. The molecule has 3 aromatic rings. The van der Waals surface area contributed by atoms with Crippen LogP contribution in [0.25, 0.3) is 10.9 Å². The first kappa shape index (κ1) is 27.3. The van der Waals surface area contributed by atoms with Gasteiger partial charge in [0.2, 0.25) is 0 Å². The maximum atomic E-state index is 13.3. The number of nitriles is 1. The summed E-state index contributed by atoms with van der Waals surface area (Å²) in [4.78, 5) is 32.3. The molecule has 214 valence electrons. The molecule has 1 aliphatic carbocycles. The number of piperidine rings is 1. The van der Waals surface area contributed by atoms with Crippen LogP contribution in [0.3, 0.4) is 0 Å². The Morgan fingerprint density at radius 1 is 1.17 bits per heavy atom. The molecule has 1 amide bonds. The maximum absolute atomic E-state index is 13.3. The summed E-state index contributed by atoms with van der Waals surface area (Å²) in [6.07, 6.45) is 7.51. The number of hydrogen-bond acceptors (Lipinski definition) is 5. The highest BCUT2D eigenvalue weighted by molar-refractivity contribution is 5.95. The van der Waals surface area contributed by atoms with E-state index in [2.05, 4.69) is 47.1 Å². The fraction of sp³-hybridized carbons (Fsp3) is 0.485. The summed E-state index contributed by atoms with van der Waals surface area (Å²) < 4.78 is 5.86. The van der Waals surface area contributed by atoms with Gasteiger partial charge in [0.25, 0.3) is 5.91 Å². The van der Waals surface area contributed by atoms with Crippen LogP contribution < -0.4 is 4.74 Å². The zero-order valence-electron chi connectivity index (χ0n) is 23.9. The van der Waals surface area contributed by atoms with Crippen molar-refractivity contribution >= 4 is 22.8 Å². The molecule has 6 rings (SSSR count).